The summed E-state index contributed by atoms with van der Waals surface area (Å²) in [7, 11) is 1.68. The van der Waals surface area contributed by atoms with Crippen molar-refractivity contribution in [2.75, 3.05) is 7.11 Å². The number of hydrogen-bond acceptors (Lipinski definition) is 4. The minimum absolute atomic E-state index is 0.273. The Kier molecular flexibility index (Phi) is 3.91. The lowest BCUT2D eigenvalue weighted by Gasteiger charge is -2.22. The second-order valence-corrected chi connectivity index (χ2v) is 7.14. The van der Waals surface area contributed by atoms with E-state index in [4.69, 9.17) is 4.74 Å². The van der Waals surface area contributed by atoms with E-state index in [0.29, 0.717) is 11.3 Å². The predicted molar refractivity (Wildman–Crippen MR) is 81.0 cm³/mol. The number of rotatable bonds is 5. The van der Waals surface area contributed by atoms with E-state index < -0.39 is 0 Å². The van der Waals surface area contributed by atoms with Crippen LogP contribution in [0.5, 0.6) is 5.75 Å². The maximum absolute atomic E-state index is 9.51. The molecule has 2 aliphatic carbocycles. The van der Waals surface area contributed by atoms with Crippen LogP contribution in [0.2, 0.25) is 0 Å². The maximum Gasteiger partial charge on any atom is 0.118 e. The lowest BCUT2D eigenvalue weighted by molar-refractivity contribution is 0.414. The standard InChI is InChI=1S/C16H20N2OS/c1-19-13-4-6-14(7-5-13)20-15-8-9-16(10-15,11-17)18-12-2-3-12/h4-7,12,15,18H,2-3,8-10H2,1H3. The Labute approximate surface area is 124 Å². The zero-order valence-corrected chi connectivity index (χ0v) is 12.6. The van der Waals surface area contributed by atoms with Gasteiger partial charge in [-0.1, -0.05) is 0 Å². The number of benzene rings is 1. The van der Waals surface area contributed by atoms with Crippen LogP contribution in [0.15, 0.2) is 29.2 Å². The van der Waals surface area contributed by atoms with Crippen molar-refractivity contribution >= 4 is 11.8 Å². The van der Waals surface area contributed by atoms with Gasteiger partial charge < -0.3 is 4.74 Å². The van der Waals surface area contributed by atoms with Crippen LogP contribution in [0.4, 0.5) is 0 Å². The molecule has 2 saturated carbocycles. The Morgan fingerprint density at radius 1 is 1.30 bits per heavy atom. The summed E-state index contributed by atoms with van der Waals surface area (Å²) in [5, 5.41) is 13.6. The zero-order chi connectivity index (χ0) is 14.0. The number of nitriles is 1. The van der Waals surface area contributed by atoms with E-state index in [0.717, 1.165) is 25.0 Å². The van der Waals surface area contributed by atoms with Crippen molar-refractivity contribution in [3.63, 3.8) is 0 Å². The molecule has 106 valence electrons. The van der Waals surface area contributed by atoms with Crippen LogP contribution in [0.3, 0.4) is 0 Å². The van der Waals surface area contributed by atoms with Gasteiger partial charge in [0.1, 0.15) is 11.3 Å². The molecule has 0 bridgehead atoms. The van der Waals surface area contributed by atoms with Gasteiger partial charge in [0.05, 0.1) is 13.2 Å². The van der Waals surface area contributed by atoms with E-state index in [1.165, 1.54) is 17.7 Å². The molecule has 0 saturated heterocycles. The molecule has 3 rings (SSSR count). The van der Waals surface area contributed by atoms with E-state index in [-0.39, 0.29) is 5.54 Å². The van der Waals surface area contributed by atoms with Crippen LogP contribution in [0, 0.1) is 11.3 Å². The summed E-state index contributed by atoms with van der Waals surface area (Å²) >= 11 is 1.89. The highest BCUT2D eigenvalue weighted by atomic mass is 32.2. The molecule has 0 aliphatic heterocycles. The molecule has 1 aromatic carbocycles. The lowest BCUT2D eigenvalue weighted by Crippen LogP contribution is -2.43. The van der Waals surface area contributed by atoms with Crippen molar-refractivity contribution in [1.29, 1.82) is 5.26 Å². The normalized spacial score (nSPS) is 29.1. The smallest absolute Gasteiger partial charge is 0.118 e. The summed E-state index contributed by atoms with van der Waals surface area (Å²) in [5.41, 5.74) is -0.273. The molecule has 2 fully saturated rings. The van der Waals surface area contributed by atoms with E-state index in [1.54, 1.807) is 7.11 Å². The third-order valence-electron chi connectivity index (χ3n) is 4.10. The zero-order valence-electron chi connectivity index (χ0n) is 11.8. The van der Waals surface area contributed by atoms with Gasteiger partial charge in [0, 0.05) is 16.2 Å². The molecule has 2 unspecified atom stereocenters. The summed E-state index contributed by atoms with van der Waals surface area (Å²) in [6, 6.07) is 11.3. The average molecular weight is 288 g/mol. The summed E-state index contributed by atoms with van der Waals surface area (Å²) in [4.78, 5) is 1.26. The van der Waals surface area contributed by atoms with Crippen molar-refractivity contribution in [3.05, 3.63) is 24.3 Å². The fourth-order valence-corrected chi connectivity index (χ4v) is 4.11. The van der Waals surface area contributed by atoms with E-state index in [9.17, 15) is 5.26 Å². The molecule has 0 spiro atoms. The molecule has 0 amide bonds. The number of hydrogen-bond donors (Lipinski definition) is 1. The first kappa shape index (κ1) is 13.8. The van der Waals surface area contributed by atoms with E-state index in [2.05, 4.69) is 23.5 Å². The summed E-state index contributed by atoms with van der Waals surface area (Å²) in [6.45, 7) is 0. The first-order chi connectivity index (χ1) is 9.73. The van der Waals surface area contributed by atoms with Crippen LogP contribution in [-0.4, -0.2) is 23.9 Å². The molecule has 1 N–H and O–H groups in total. The van der Waals surface area contributed by atoms with Crippen LogP contribution in [0.25, 0.3) is 0 Å². The first-order valence-corrected chi connectivity index (χ1v) is 8.11. The summed E-state index contributed by atoms with van der Waals surface area (Å²) < 4.78 is 5.18. The molecule has 2 aliphatic rings. The third-order valence-corrected chi connectivity index (χ3v) is 5.38. The van der Waals surface area contributed by atoms with Crippen molar-refractivity contribution in [3.8, 4) is 11.8 Å². The Bertz CT molecular complexity index is 506. The molecule has 0 radical (unpaired) electrons. The number of nitrogens with zero attached hydrogens (tertiary/aromatic N) is 1. The van der Waals surface area contributed by atoms with E-state index >= 15 is 0 Å². The molecule has 0 heterocycles. The average Bonchev–Trinajstić information content (AvgIpc) is 3.20. The van der Waals surface area contributed by atoms with Gasteiger partial charge in [-0.05, 0) is 56.4 Å². The van der Waals surface area contributed by atoms with Crippen LogP contribution in [-0.2, 0) is 0 Å². The monoisotopic (exact) mass is 288 g/mol. The molecule has 3 nitrogen and oxygen atoms in total. The fraction of sp³-hybridized carbons (Fsp3) is 0.562. The predicted octanol–water partition coefficient (Wildman–Crippen LogP) is 3.35. The molecule has 2 atom stereocenters. The Morgan fingerprint density at radius 2 is 2.05 bits per heavy atom. The minimum Gasteiger partial charge on any atom is -0.497 e. The number of methoxy groups -OCH3 is 1. The third kappa shape index (κ3) is 3.11. The summed E-state index contributed by atoms with van der Waals surface area (Å²) in [6.07, 6.45) is 5.52. The highest BCUT2D eigenvalue weighted by Gasteiger charge is 2.43. The second-order valence-electron chi connectivity index (χ2n) is 5.77. The lowest BCUT2D eigenvalue weighted by atomic mass is 10.00. The van der Waals surface area contributed by atoms with Crippen LogP contribution < -0.4 is 10.1 Å². The van der Waals surface area contributed by atoms with Crippen molar-refractivity contribution < 1.29 is 4.74 Å². The molecule has 0 aromatic heterocycles. The Hall–Kier alpha value is -1.18. The highest BCUT2D eigenvalue weighted by Crippen LogP contribution is 2.41. The van der Waals surface area contributed by atoms with Gasteiger partial charge in [0.2, 0.25) is 0 Å². The molecule has 4 heteroatoms. The maximum atomic E-state index is 9.51. The van der Waals surface area contributed by atoms with Gasteiger partial charge >= 0.3 is 0 Å². The Balaban J connectivity index is 1.60. The Morgan fingerprint density at radius 3 is 2.65 bits per heavy atom. The van der Waals surface area contributed by atoms with Gasteiger partial charge in [0.15, 0.2) is 0 Å². The highest BCUT2D eigenvalue weighted by molar-refractivity contribution is 8.00. The molecular formula is C16H20N2OS. The topological polar surface area (TPSA) is 45.0 Å². The van der Waals surface area contributed by atoms with Crippen molar-refractivity contribution in [1.82, 2.24) is 5.32 Å². The summed E-state index contributed by atoms with van der Waals surface area (Å²) in [5.74, 6) is 0.891. The largest absolute Gasteiger partial charge is 0.497 e. The van der Waals surface area contributed by atoms with E-state index in [1.807, 2.05) is 23.9 Å². The molecule has 20 heavy (non-hydrogen) atoms. The van der Waals surface area contributed by atoms with Gasteiger partial charge in [-0.2, -0.15) is 5.26 Å². The number of thioether (sulfide) groups is 1. The van der Waals surface area contributed by atoms with Gasteiger partial charge in [-0.3, -0.25) is 5.32 Å². The number of nitrogens with one attached hydrogen (secondary N) is 1. The fourth-order valence-electron chi connectivity index (χ4n) is 2.83. The minimum atomic E-state index is -0.273. The first-order valence-electron chi connectivity index (χ1n) is 7.23. The SMILES string of the molecule is COc1ccc(SC2CCC(C#N)(NC3CC3)C2)cc1. The van der Waals surface area contributed by atoms with Gasteiger partial charge in [0.25, 0.3) is 0 Å². The molecule has 1 aromatic rings. The molecular weight excluding hydrogens is 268 g/mol. The van der Waals surface area contributed by atoms with Gasteiger partial charge in [-0.15, -0.1) is 11.8 Å². The van der Waals surface area contributed by atoms with Gasteiger partial charge in [-0.25, -0.2) is 0 Å². The second kappa shape index (κ2) is 5.67. The number of ether oxygens (including phenoxy) is 1. The van der Waals surface area contributed by atoms with Crippen LogP contribution in [0.1, 0.15) is 32.1 Å². The van der Waals surface area contributed by atoms with Crippen LogP contribution >= 0.6 is 11.8 Å². The van der Waals surface area contributed by atoms with Crippen molar-refractivity contribution in [2.45, 2.75) is 53.8 Å². The van der Waals surface area contributed by atoms with Crippen molar-refractivity contribution in [2.24, 2.45) is 0 Å². The quantitative estimate of drug-likeness (QED) is 0.902.